The molecule has 1 N–H and O–H groups in total. The quantitative estimate of drug-likeness (QED) is 0.700. The summed E-state index contributed by atoms with van der Waals surface area (Å²) in [6, 6.07) is 4.28. The fraction of sp³-hybridized carbons (Fsp3) is 0.471. The third kappa shape index (κ3) is 5.57. The summed E-state index contributed by atoms with van der Waals surface area (Å²) >= 11 is 0. The molecule has 1 aromatic rings. The average molecular weight is 273 g/mol. The van der Waals surface area contributed by atoms with Gasteiger partial charge in [-0.25, -0.2) is 4.98 Å². The van der Waals surface area contributed by atoms with Crippen LogP contribution >= 0.6 is 0 Å². The van der Waals surface area contributed by atoms with Crippen molar-refractivity contribution in [2.24, 2.45) is 5.92 Å². The number of aryl methyl sites for hydroxylation is 1. The number of hydrogen-bond donors (Lipinski definition) is 1. The highest BCUT2D eigenvalue weighted by molar-refractivity contribution is 5.44. The maximum atomic E-state index is 4.62. The fourth-order valence-electron chi connectivity index (χ4n) is 2.06. The van der Waals surface area contributed by atoms with Gasteiger partial charge in [-0.1, -0.05) is 26.0 Å². The maximum absolute atomic E-state index is 4.62. The summed E-state index contributed by atoms with van der Waals surface area (Å²) in [5.74, 6) is 1.65. The Balaban J connectivity index is 2.82. The minimum absolute atomic E-state index is 0.662. The lowest BCUT2D eigenvalue weighted by molar-refractivity contribution is 0.552. The first-order valence-corrected chi connectivity index (χ1v) is 7.21. The lowest BCUT2D eigenvalue weighted by Crippen LogP contribution is -2.25. The zero-order valence-electron chi connectivity index (χ0n) is 13.0. The molecular formula is C17H27N3. The number of nitrogens with one attached hydrogen (secondary N) is 1. The van der Waals surface area contributed by atoms with E-state index in [1.807, 2.05) is 19.1 Å². The van der Waals surface area contributed by atoms with E-state index < -0.39 is 0 Å². The summed E-state index contributed by atoms with van der Waals surface area (Å²) in [5, 5.41) is 3.47. The molecule has 0 fully saturated rings. The number of anilines is 1. The predicted molar refractivity (Wildman–Crippen MR) is 88.1 cm³/mol. The normalized spacial score (nSPS) is 10.6. The van der Waals surface area contributed by atoms with Crippen molar-refractivity contribution in [3.8, 4) is 0 Å². The number of rotatable bonds is 9. The maximum Gasteiger partial charge on any atom is 0.129 e. The molecule has 110 valence electrons. The van der Waals surface area contributed by atoms with Crippen LogP contribution in [0, 0.1) is 12.8 Å². The van der Waals surface area contributed by atoms with Crippen molar-refractivity contribution in [3.63, 3.8) is 0 Å². The third-order valence-electron chi connectivity index (χ3n) is 2.90. The second-order valence-corrected chi connectivity index (χ2v) is 5.48. The van der Waals surface area contributed by atoms with Crippen LogP contribution < -0.4 is 10.2 Å². The summed E-state index contributed by atoms with van der Waals surface area (Å²) in [5.41, 5.74) is 2.31. The minimum atomic E-state index is 0.662. The molecule has 0 spiro atoms. The zero-order valence-corrected chi connectivity index (χ0v) is 13.0. The Morgan fingerprint density at radius 1 is 1.25 bits per heavy atom. The Hall–Kier alpha value is -1.61. The largest absolute Gasteiger partial charge is 0.349 e. The molecule has 1 aromatic heterocycles. The first-order chi connectivity index (χ1) is 9.56. The Labute approximate surface area is 123 Å². The van der Waals surface area contributed by atoms with E-state index >= 15 is 0 Å². The van der Waals surface area contributed by atoms with Gasteiger partial charge in [-0.05, 0) is 37.1 Å². The highest BCUT2D eigenvalue weighted by Gasteiger charge is 2.07. The lowest BCUT2D eigenvalue weighted by atomic mass is 10.2. The highest BCUT2D eigenvalue weighted by atomic mass is 15.2. The third-order valence-corrected chi connectivity index (χ3v) is 2.90. The van der Waals surface area contributed by atoms with Crippen LogP contribution in [0.5, 0.6) is 0 Å². The molecule has 0 amide bonds. The van der Waals surface area contributed by atoms with E-state index in [9.17, 15) is 0 Å². The van der Waals surface area contributed by atoms with E-state index in [2.05, 4.69) is 54.3 Å². The lowest BCUT2D eigenvalue weighted by Gasteiger charge is -2.21. The number of hydrogen-bond acceptors (Lipinski definition) is 3. The van der Waals surface area contributed by atoms with Gasteiger partial charge in [0.1, 0.15) is 5.82 Å². The van der Waals surface area contributed by atoms with Gasteiger partial charge in [0, 0.05) is 25.3 Å². The van der Waals surface area contributed by atoms with Crippen molar-refractivity contribution in [1.82, 2.24) is 10.3 Å². The second kappa shape index (κ2) is 8.54. The van der Waals surface area contributed by atoms with E-state index in [-0.39, 0.29) is 0 Å². The minimum Gasteiger partial charge on any atom is -0.349 e. The van der Waals surface area contributed by atoms with Gasteiger partial charge in [-0.3, -0.25) is 0 Å². The zero-order chi connectivity index (χ0) is 15.0. The van der Waals surface area contributed by atoms with Crippen LogP contribution in [0.4, 0.5) is 5.82 Å². The topological polar surface area (TPSA) is 28.2 Å². The molecule has 3 heteroatoms. The van der Waals surface area contributed by atoms with Crippen LogP contribution in [-0.2, 0) is 6.54 Å². The van der Waals surface area contributed by atoms with E-state index in [1.54, 1.807) is 0 Å². The van der Waals surface area contributed by atoms with E-state index in [1.165, 1.54) is 5.56 Å². The molecule has 3 nitrogen and oxygen atoms in total. The molecule has 0 saturated heterocycles. The van der Waals surface area contributed by atoms with Gasteiger partial charge in [0.25, 0.3) is 0 Å². The first kappa shape index (κ1) is 16.4. The molecule has 0 saturated carbocycles. The van der Waals surface area contributed by atoms with Gasteiger partial charge in [-0.15, -0.1) is 13.2 Å². The van der Waals surface area contributed by atoms with Crippen LogP contribution in [0.3, 0.4) is 0 Å². The summed E-state index contributed by atoms with van der Waals surface area (Å²) in [7, 11) is 0. The van der Waals surface area contributed by atoms with E-state index in [4.69, 9.17) is 0 Å². The Morgan fingerprint density at radius 2 is 1.90 bits per heavy atom. The summed E-state index contributed by atoms with van der Waals surface area (Å²) in [6.45, 7) is 17.5. The van der Waals surface area contributed by atoms with E-state index in [0.29, 0.717) is 5.92 Å². The number of aromatic nitrogens is 1. The second-order valence-electron chi connectivity index (χ2n) is 5.48. The van der Waals surface area contributed by atoms with Crippen LogP contribution in [-0.4, -0.2) is 24.6 Å². The predicted octanol–water partition coefficient (Wildman–Crippen LogP) is 3.31. The monoisotopic (exact) mass is 273 g/mol. The Bertz CT molecular complexity index is 428. The molecule has 0 atom stereocenters. The number of nitrogens with zero attached hydrogens (tertiary/aromatic N) is 2. The molecular weight excluding hydrogens is 246 g/mol. The molecule has 0 unspecified atom stereocenters. The van der Waals surface area contributed by atoms with Crippen molar-refractivity contribution >= 4 is 5.82 Å². The molecule has 0 bridgehead atoms. The van der Waals surface area contributed by atoms with E-state index in [0.717, 1.165) is 37.7 Å². The molecule has 0 aromatic carbocycles. The van der Waals surface area contributed by atoms with Gasteiger partial charge in [0.05, 0.1) is 0 Å². The highest BCUT2D eigenvalue weighted by Crippen LogP contribution is 2.15. The van der Waals surface area contributed by atoms with Crippen molar-refractivity contribution in [2.45, 2.75) is 27.3 Å². The Morgan fingerprint density at radius 3 is 2.45 bits per heavy atom. The summed E-state index contributed by atoms with van der Waals surface area (Å²) in [6.07, 6.45) is 3.79. The summed E-state index contributed by atoms with van der Waals surface area (Å²) in [4.78, 5) is 6.78. The Kier molecular flexibility index (Phi) is 7.02. The number of pyridine rings is 1. The van der Waals surface area contributed by atoms with Crippen molar-refractivity contribution in [3.05, 3.63) is 48.7 Å². The van der Waals surface area contributed by atoms with Crippen molar-refractivity contribution in [1.29, 1.82) is 0 Å². The summed E-state index contributed by atoms with van der Waals surface area (Å²) < 4.78 is 0. The van der Waals surface area contributed by atoms with Gasteiger partial charge in [-0.2, -0.15) is 0 Å². The smallest absolute Gasteiger partial charge is 0.129 e. The molecule has 0 aliphatic carbocycles. The van der Waals surface area contributed by atoms with Gasteiger partial charge in [0.2, 0.25) is 0 Å². The van der Waals surface area contributed by atoms with Gasteiger partial charge >= 0.3 is 0 Å². The molecule has 0 aliphatic heterocycles. The molecule has 1 heterocycles. The van der Waals surface area contributed by atoms with Crippen molar-refractivity contribution in [2.75, 3.05) is 24.5 Å². The van der Waals surface area contributed by atoms with Crippen LogP contribution in [0.25, 0.3) is 0 Å². The van der Waals surface area contributed by atoms with Gasteiger partial charge in [0.15, 0.2) is 0 Å². The average Bonchev–Trinajstić information content (AvgIpc) is 2.37. The molecule has 0 radical (unpaired) electrons. The van der Waals surface area contributed by atoms with Crippen molar-refractivity contribution < 1.29 is 0 Å². The SMILES string of the molecule is C=CCN(CC=C)c1cc(CNCC(C)C)cc(C)n1. The fourth-order valence-corrected chi connectivity index (χ4v) is 2.06. The first-order valence-electron chi connectivity index (χ1n) is 7.21. The van der Waals surface area contributed by atoms with Gasteiger partial charge < -0.3 is 10.2 Å². The van der Waals surface area contributed by atoms with Crippen LogP contribution in [0.1, 0.15) is 25.1 Å². The standard InChI is InChI=1S/C17H27N3/c1-6-8-20(9-7-2)17-11-16(10-15(5)19-17)13-18-12-14(3)4/h6-7,10-11,14,18H,1-2,8-9,12-13H2,3-5H3. The molecule has 0 aliphatic rings. The van der Waals surface area contributed by atoms with Crippen LogP contribution in [0.2, 0.25) is 0 Å². The van der Waals surface area contributed by atoms with Crippen LogP contribution in [0.15, 0.2) is 37.4 Å². The molecule has 1 rings (SSSR count). The molecule has 20 heavy (non-hydrogen) atoms.